The first-order chi connectivity index (χ1) is 9.25. The molecule has 0 unspecified atom stereocenters. The van der Waals surface area contributed by atoms with Gasteiger partial charge in [-0.2, -0.15) is 0 Å². The van der Waals surface area contributed by atoms with Crippen LogP contribution in [-0.2, 0) is 0 Å². The molecular formula is C16H18N2O. The molecule has 1 aliphatic rings. The highest BCUT2D eigenvalue weighted by Crippen LogP contribution is 2.34. The first-order valence-corrected chi connectivity index (χ1v) is 6.90. The van der Waals surface area contributed by atoms with Crippen molar-refractivity contribution in [3.8, 4) is 11.4 Å². The number of hydrogen-bond acceptors (Lipinski definition) is 2. The summed E-state index contributed by atoms with van der Waals surface area (Å²) in [5, 5.41) is 0. The quantitative estimate of drug-likeness (QED) is 0.815. The maximum Gasteiger partial charge on any atom is 0.229 e. The summed E-state index contributed by atoms with van der Waals surface area (Å²) in [6.45, 7) is 1.55. The van der Waals surface area contributed by atoms with Crippen molar-refractivity contribution >= 4 is 5.91 Å². The summed E-state index contributed by atoms with van der Waals surface area (Å²) in [5.41, 5.74) is 2.42. The summed E-state index contributed by atoms with van der Waals surface area (Å²) in [4.78, 5) is 15.8. The van der Waals surface area contributed by atoms with Crippen LogP contribution in [0, 0.1) is 0 Å². The molecule has 1 fully saturated rings. The van der Waals surface area contributed by atoms with Gasteiger partial charge in [-0.15, -0.1) is 0 Å². The fraction of sp³-hybridized carbons (Fsp3) is 0.375. The zero-order valence-corrected chi connectivity index (χ0v) is 11.2. The molecule has 0 N–H and O–H groups in total. The molecule has 1 saturated carbocycles. The van der Waals surface area contributed by atoms with Crippen molar-refractivity contribution < 1.29 is 4.79 Å². The molecule has 0 atom stereocenters. The van der Waals surface area contributed by atoms with Gasteiger partial charge in [-0.05, 0) is 24.3 Å². The molecule has 0 spiro atoms. The van der Waals surface area contributed by atoms with E-state index in [2.05, 4.69) is 29.2 Å². The zero-order chi connectivity index (χ0) is 13.2. The van der Waals surface area contributed by atoms with Crippen LogP contribution >= 0.6 is 0 Å². The van der Waals surface area contributed by atoms with E-state index < -0.39 is 0 Å². The van der Waals surface area contributed by atoms with Gasteiger partial charge in [-0.1, -0.05) is 37.1 Å². The standard InChI is InChI=1S/C16H18N2O/c1-12(19)18-11-10-17-16(18)15-8-6-14(7-9-15)13-4-2-3-5-13/h6-11,13H,2-5H2,1H3. The highest BCUT2D eigenvalue weighted by atomic mass is 16.1. The molecule has 19 heavy (non-hydrogen) atoms. The summed E-state index contributed by atoms with van der Waals surface area (Å²) < 4.78 is 1.59. The van der Waals surface area contributed by atoms with Crippen molar-refractivity contribution in [1.29, 1.82) is 0 Å². The van der Waals surface area contributed by atoms with Crippen LogP contribution < -0.4 is 0 Å². The van der Waals surface area contributed by atoms with E-state index in [1.54, 1.807) is 23.9 Å². The van der Waals surface area contributed by atoms with E-state index >= 15 is 0 Å². The smallest absolute Gasteiger partial charge is 0.229 e. The van der Waals surface area contributed by atoms with Gasteiger partial charge < -0.3 is 0 Å². The third kappa shape index (κ3) is 2.33. The minimum absolute atomic E-state index is 0.00707. The Labute approximate surface area is 113 Å². The molecule has 0 radical (unpaired) electrons. The lowest BCUT2D eigenvalue weighted by atomic mass is 9.96. The molecule has 0 aliphatic heterocycles. The van der Waals surface area contributed by atoms with Gasteiger partial charge in [0.1, 0.15) is 5.82 Å². The minimum Gasteiger partial charge on any atom is -0.274 e. The van der Waals surface area contributed by atoms with Crippen molar-refractivity contribution in [3.05, 3.63) is 42.2 Å². The lowest BCUT2D eigenvalue weighted by Gasteiger charge is -2.10. The molecule has 0 saturated heterocycles. The lowest BCUT2D eigenvalue weighted by Crippen LogP contribution is -2.06. The van der Waals surface area contributed by atoms with Crippen LogP contribution in [0.25, 0.3) is 11.4 Å². The first kappa shape index (κ1) is 12.2. The third-order valence-electron chi connectivity index (χ3n) is 3.98. The van der Waals surface area contributed by atoms with Crippen LogP contribution in [0.4, 0.5) is 0 Å². The molecule has 3 nitrogen and oxygen atoms in total. The van der Waals surface area contributed by atoms with Gasteiger partial charge in [0, 0.05) is 24.9 Å². The van der Waals surface area contributed by atoms with Crippen LogP contribution in [0.2, 0.25) is 0 Å². The molecule has 2 aromatic rings. The van der Waals surface area contributed by atoms with Crippen molar-refractivity contribution in [3.63, 3.8) is 0 Å². The highest BCUT2D eigenvalue weighted by molar-refractivity contribution is 5.80. The van der Waals surface area contributed by atoms with E-state index in [-0.39, 0.29) is 5.91 Å². The predicted molar refractivity (Wildman–Crippen MR) is 75.2 cm³/mol. The Morgan fingerprint density at radius 1 is 1.21 bits per heavy atom. The van der Waals surface area contributed by atoms with Gasteiger partial charge in [0.2, 0.25) is 5.91 Å². The van der Waals surface area contributed by atoms with Crippen molar-refractivity contribution in [2.45, 2.75) is 38.5 Å². The molecule has 3 rings (SSSR count). The molecule has 3 heteroatoms. The summed E-state index contributed by atoms with van der Waals surface area (Å²) in [7, 11) is 0. The van der Waals surface area contributed by atoms with Gasteiger partial charge >= 0.3 is 0 Å². The molecule has 1 aromatic heterocycles. The van der Waals surface area contributed by atoms with Crippen molar-refractivity contribution in [1.82, 2.24) is 9.55 Å². The van der Waals surface area contributed by atoms with Crippen LogP contribution in [0.15, 0.2) is 36.7 Å². The van der Waals surface area contributed by atoms with E-state index in [1.807, 2.05) is 0 Å². The van der Waals surface area contributed by atoms with Crippen molar-refractivity contribution in [2.75, 3.05) is 0 Å². The van der Waals surface area contributed by atoms with Gasteiger partial charge in [0.15, 0.2) is 0 Å². The topological polar surface area (TPSA) is 34.9 Å². The largest absolute Gasteiger partial charge is 0.274 e. The molecular weight excluding hydrogens is 236 g/mol. The maximum absolute atomic E-state index is 11.5. The average molecular weight is 254 g/mol. The maximum atomic E-state index is 11.5. The summed E-state index contributed by atoms with van der Waals surface area (Å²) >= 11 is 0. The molecule has 98 valence electrons. The van der Waals surface area contributed by atoms with E-state index in [9.17, 15) is 4.79 Å². The normalized spacial score (nSPS) is 15.8. The van der Waals surface area contributed by atoms with Crippen molar-refractivity contribution in [2.24, 2.45) is 0 Å². The van der Waals surface area contributed by atoms with E-state index in [4.69, 9.17) is 0 Å². The van der Waals surface area contributed by atoms with Crippen LogP contribution in [0.1, 0.15) is 48.9 Å². The molecule has 0 bridgehead atoms. The number of imidazole rings is 1. The Morgan fingerprint density at radius 2 is 1.89 bits per heavy atom. The Kier molecular flexibility index (Phi) is 3.20. The monoisotopic (exact) mass is 254 g/mol. The first-order valence-electron chi connectivity index (χ1n) is 6.90. The zero-order valence-electron chi connectivity index (χ0n) is 11.2. The summed E-state index contributed by atoms with van der Waals surface area (Å²) in [5.74, 6) is 1.44. The molecule has 1 aromatic carbocycles. The number of carbonyl (C=O) groups is 1. The second kappa shape index (κ2) is 5.00. The number of hydrogen-bond donors (Lipinski definition) is 0. The summed E-state index contributed by atoms with van der Waals surface area (Å²) in [6.07, 6.45) is 8.69. The fourth-order valence-electron chi connectivity index (χ4n) is 2.93. The third-order valence-corrected chi connectivity index (χ3v) is 3.98. The fourth-order valence-corrected chi connectivity index (χ4v) is 2.93. The molecule has 0 amide bonds. The van der Waals surface area contributed by atoms with Crippen LogP contribution in [0.5, 0.6) is 0 Å². The number of rotatable bonds is 2. The summed E-state index contributed by atoms with van der Waals surface area (Å²) in [6, 6.07) is 8.53. The SMILES string of the molecule is CC(=O)n1ccnc1-c1ccc(C2CCCC2)cc1. The minimum atomic E-state index is -0.00707. The number of nitrogens with zero attached hydrogens (tertiary/aromatic N) is 2. The van der Waals surface area contributed by atoms with E-state index in [1.165, 1.54) is 31.2 Å². The Bertz CT molecular complexity index is 577. The Balaban J connectivity index is 1.89. The van der Waals surface area contributed by atoms with Gasteiger partial charge in [-0.25, -0.2) is 4.98 Å². The lowest BCUT2D eigenvalue weighted by molar-refractivity contribution is 0.0938. The second-order valence-corrected chi connectivity index (χ2v) is 5.24. The second-order valence-electron chi connectivity index (χ2n) is 5.24. The number of aromatic nitrogens is 2. The Morgan fingerprint density at radius 3 is 2.53 bits per heavy atom. The van der Waals surface area contributed by atoms with Gasteiger partial charge in [0.05, 0.1) is 0 Å². The van der Waals surface area contributed by atoms with Gasteiger partial charge in [-0.3, -0.25) is 9.36 Å². The van der Waals surface area contributed by atoms with Gasteiger partial charge in [0.25, 0.3) is 0 Å². The predicted octanol–water partition coefficient (Wildman–Crippen LogP) is 3.87. The van der Waals surface area contributed by atoms with Crippen LogP contribution in [0.3, 0.4) is 0 Å². The van der Waals surface area contributed by atoms with E-state index in [0.717, 1.165) is 17.3 Å². The molecule has 1 heterocycles. The van der Waals surface area contributed by atoms with Crippen LogP contribution in [-0.4, -0.2) is 15.5 Å². The molecule has 1 aliphatic carbocycles. The van der Waals surface area contributed by atoms with E-state index in [0.29, 0.717) is 0 Å². The Hall–Kier alpha value is -1.90. The number of benzene rings is 1. The number of carbonyl (C=O) groups excluding carboxylic acids is 1. The highest BCUT2D eigenvalue weighted by Gasteiger charge is 2.17. The average Bonchev–Trinajstić information content (AvgIpc) is 3.10.